The van der Waals surface area contributed by atoms with E-state index in [0.717, 1.165) is 5.75 Å². The summed E-state index contributed by atoms with van der Waals surface area (Å²) in [4.78, 5) is 12.0. The Labute approximate surface area is 164 Å². The number of amides is 1. The van der Waals surface area contributed by atoms with Gasteiger partial charge in [-0.05, 0) is 30.7 Å². The SMILES string of the molecule is CNC(=O)c1cc(S(=O)(=O)NCCSCc2cccc(C)c2)ccc1OC. The zero-order valence-corrected chi connectivity index (χ0v) is 17.2. The van der Waals surface area contributed by atoms with Crippen molar-refractivity contribution < 1.29 is 17.9 Å². The molecule has 0 spiro atoms. The molecule has 0 aliphatic heterocycles. The summed E-state index contributed by atoms with van der Waals surface area (Å²) in [6.07, 6.45) is 0. The van der Waals surface area contributed by atoms with Crippen molar-refractivity contribution in [1.29, 1.82) is 0 Å². The molecule has 146 valence electrons. The van der Waals surface area contributed by atoms with E-state index in [4.69, 9.17) is 4.74 Å². The largest absolute Gasteiger partial charge is 0.496 e. The Hall–Kier alpha value is -2.03. The molecular weight excluding hydrogens is 384 g/mol. The maximum Gasteiger partial charge on any atom is 0.254 e. The summed E-state index contributed by atoms with van der Waals surface area (Å²) in [6.45, 7) is 2.35. The monoisotopic (exact) mass is 408 g/mol. The van der Waals surface area contributed by atoms with E-state index >= 15 is 0 Å². The van der Waals surface area contributed by atoms with Gasteiger partial charge in [-0.15, -0.1) is 0 Å². The fourth-order valence-electron chi connectivity index (χ4n) is 2.49. The number of ether oxygens (including phenoxy) is 1. The lowest BCUT2D eigenvalue weighted by molar-refractivity contribution is 0.0960. The number of hydrogen-bond donors (Lipinski definition) is 2. The highest BCUT2D eigenvalue weighted by molar-refractivity contribution is 7.98. The van der Waals surface area contributed by atoms with Gasteiger partial charge in [-0.1, -0.05) is 29.8 Å². The number of benzene rings is 2. The van der Waals surface area contributed by atoms with Gasteiger partial charge >= 0.3 is 0 Å². The Kier molecular flexibility index (Phi) is 7.70. The van der Waals surface area contributed by atoms with E-state index in [1.54, 1.807) is 11.8 Å². The quantitative estimate of drug-likeness (QED) is 0.623. The van der Waals surface area contributed by atoms with Crippen LogP contribution in [0.5, 0.6) is 5.75 Å². The van der Waals surface area contributed by atoms with Crippen LogP contribution in [0.2, 0.25) is 0 Å². The predicted octanol–water partition coefficient (Wildman–Crippen LogP) is 2.57. The van der Waals surface area contributed by atoms with Gasteiger partial charge in [-0.2, -0.15) is 11.8 Å². The average Bonchev–Trinajstić information content (AvgIpc) is 2.66. The van der Waals surface area contributed by atoms with Gasteiger partial charge in [0.25, 0.3) is 5.91 Å². The molecule has 0 aromatic heterocycles. The maximum absolute atomic E-state index is 12.5. The number of thioether (sulfide) groups is 1. The van der Waals surface area contributed by atoms with E-state index in [2.05, 4.69) is 22.2 Å². The Bertz CT molecular complexity index is 898. The Balaban J connectivity index is 1.95. The molecule has 0 heterocycles. The summed E-state index contributed by atoms with van der Waals surface area (Å²) >= 11 is 1.66. The minimum atomic E-state index is -3.70. The molecule has 2 aromatic rings. The minimum absolute atomic E-state index is 0.0329. The fraction of sp³-hybridized carbons (Fsp3) is 0.316. The van der Waals surface area contributed by atoms with Gasteiger partial charge in [-0.25, -0.2) is 13.1 Å². The minimum Gasteiger partial charge on any atom is -0.496 e. The lowest BCUT2D eigenvalue weighted by atomic mass is 10.2. The van der Waals surface area contributed by atoms with Crippen LogP contribution in [0.25, 0.3) is 0 Å². The zero-order chi connectivity index (χ0) is 19.9. The van der Waals surface area contributed by atoms with Crippen molar-refractivity contribution in [2.24, 2.45) is 0 Å². The van der Waals surface area contributed by atoms with Crippen molar-refractivity contribution in [3.63, 3.8) is 0 Å². The van der Waals surface area contributed by atoms with Crippen molar-refractivity contribution in [3.8, 4) is 5.75 Å². The number of carbonyl (C=O) groups excluding carboxylic acids is 1. The van der Waals surface area contributed by atoms with Crippen LogP contribution in [-0.4, -0.2) is 40.8 Å². The first-order valence-electron chi connectivity index (χ1n) is 8.40. The van der Waals surface area contributed by atoms with Crippen LogP contribution in [0.1, 0.15) is 21.5 Å². The number of nitrogens with one attached hydrogen (secondary N) is 2. The number of aryl methyl sites for hydroxylation is 1. The first kappa shape index (κ1) is 21.3. The molecule has 0 unspecified atom stereocenters. The van der Waals surface area contributed by atoms with Crippen LogP contribution in [-0.2, 0) is 15.8 Å². The zero-order valence-electron chi connectivity index (χ0n) is 15.6. The lowest BCUT2D eigenvalue weighted by Gasteiger charge is -2.11. The Morgan fingerprint density at radius 1 is 1.19 bits per heavy atom. The van der Waals surface area contributed by atoms with Crippen molar-refractivity contribution in [1.82, 2.24) is 10.0 Å². The lowest BCUT2D eigenvalue weighted by Crippen LogP contribution is -2.27. The predicted molar refractivity (Wildman–Crippen MR) is 109 cm³/mol. The summed E-state index contributed by atoms with van der Waals surface area (Å²) in [5.41, 5.74) is 2.60. The normalized spacial score (nSPS) is 11.2. The van der Waals surface area contributed by atoms with Crippen molar-refractivity contribution in [3.05, 3.63) is 59.2 Å². The summed E-state index contributed by atoms with van der Waals surface area (Å²) in [5, 5.41) is 2.48. The molecule has 0 saturated carbocycles. The molecule has 0 bridgehead atoms. The molecule has 1 amide bonds. The van der Waals surface area contributed by atoms with Crippen LogP contribution in [0.4, 0.5) is 0 Å². The summed E-state index contributed by atoms with van der Waals surface area (Å²) in [7, 11) is -0.791. The number of hydrogen-bond acceptors (Lipinski definition) is 5. The van der Waals surface area contributed by atoms with Gasteiger partial charge in [0, 0.05) is 25.1 Å². The van der Waals surface area contributed by atoms with Crippen LogP contribution < -0.4 is 14.8 Å². The molecule has 2 N–H and O–H groups in total. The second-order valence-corrected chi connectivity index (χ2v) is 8.75. The third kappa shape index (κ3) is 5.98. The Morgan fingerprint density at radius 3 is 2.63 bits per heavy atom. The number of carbonyl (C=O) groups is 1. The van der Waals surface area contributed by atoms with E-state index < -0.39 is 15.9 Å². The van der Waals surface area contributed by atoms with E-state index in [9.17, 15) is 13.2 Å². The van der Waals surface area contributed by atoms with Crippen LogP contribution in [0.3, 0.4) is 0 Å². The second-order valence-electron chi connectivity index (χ2n) is 5.88. The third-order valence-corrected chi connectivity index (χ3v) is 6.33. The van der Waals surface area contributed by atoms with Gasteiger partial charge in [0.15, 0.2) is 0 Å². The van der Waals surface area contributed by atoms with Crippen molar-refractivity contribution in [2.75, 3.05) is 26.5 Å². The van der Waals surface area contributed by atoms with Gasteiger partial charge in [-0.3, -0.25) is 4.79 Å². The highest BCUT2D eigenvalue weighted by Crippen LogP contribution is 2.22. The molecule has 0 aliphatic carbocycles. The van der Waals surface area contributed by atoms with Crippen molar-refractivity contribution >= 4 is 27.7 Å². The number of sulfonamides is 1. The summed E-state index contributed by atoms with van der Waals surface area (Å²) in [5.74, 6) is 1.39. The van der Waals surface area contributed by atoms with E-state index in [0.29, 0.717) is 18.0 Å². The Morgan fingerprint density at radius 2 is 1.96 bits per heavy atom. The van der Waals surface area contributed by atoms with Crippen LogP contribution >= 0.6 is 11.8 Å². The third-order valence-electron chi connectivity index (χ3n) is 3.84. The topological polar surface area (TPSA) is 84.5 Å². The fourth-order valence-corrected chi connectivity index (χ4v) is 4.48. The summed E-state index contributed by atoms with van der Waals surface area (Å²) in [6, 6.07) is 12.5. The molecule has 2 aromatic carbocycles. The standard InChI is InChI=1S/C19H24N2O4S2/c1-14-5-4-6-15(11-14)13-26-10-9-21-27(23,24)16-7-8-18(25-3)17(12-16)19(22)20-2/h4-8,11-12,21H,9-10,13H2,1-3H3,(H,20,22). The van der Waals surface area contributed by atoms with Crippen LogP contribution in [0.15, 0.2) is 47.4 Å². The van der Waals surface area contributed by atoms with E-state index in [1.165, 1.54) is 43.5 Å². The average molecular weight is 409 g/mol. The molecule has 6 nitrogen and oxygen atoms in total. The van der Waals surface area contributed by atoms with E-state index in [-0.39, 0.29) is 10.5 Å². The molecule has 0 atom stereocenters. The highest BCUT2D eigenvalue weighted by atomic mass is 32.2. The van der Waals surface area contributed by atoms with Gasteiger partial charge in [0.2, 0.25) is 10.0 Å². The van der Waals surface area contributed by atoms with Gasteiger partial charge < -0.3 is 10.1 Å². The molecule has 0 radical (unpaired) electrons. The van der Waals surface area contributed by atoms with Crippen LogP contribution in [0, 0.1) is 6.92 Å². The molecular formula is C19H24N2O4S2. The molecule has 0 fully saturated rings. The molecule has 0 aliphatic rings. The van der Waals surface area contributed by atoms with E-state index in [1.807, 2.05) is 19.1 Å². The smallest absolute Gasteiger partial charge is 0.254 e. The van der Waals surface area contributed by atoms with Gasteiger partial charge in [0.1, 0.15) is 5.75 Å². The second kappa shape index (κ2) is 9.77. The maximum atomic E-state index is 12.5. The molecule has 2 rings (SSSR count). The number of methoxy groups -OCH3 is 1. The first-order valence-corrected chi connectivity index (χ1v) is 11.0. The molecule has 0 saturated heterocycles. The molecule has 27 heavy (non-hydrogen) atoms. The first-order chi connectivity index (χ1) is 12.9. The molecule has 8 heteroatoms. The summed E-state index contributed by atoms with van der Waals surface area (Å²) < 4.78 is 32.7. The van der Waals surface area contributed by atoms with Crippen molar-refractivity contribution in [2.45, 2.75) is 17.6 Å². The number of rotatable bonds is 9. The highest BCUT2D eigenvalue weighted by Gasteiger charge is 2.19. The van der Waals surface area contributed by atoms with Gasteiger partial charge in [0.05, 0.1) is 17.6 Å².